The number of carboxylic acid groups (broad SMARTS) is 2. The van der Waals surface area contributed by atoms with Gasteiger partial charge in [0, 0.05) is 70.0 Å². The fraction of sp³-hybridized carbons (Fsp3) is 0.0678. The summed E-state index contributed by atoms with van der Waals surface area (Å²) in [6, 6.07) is 42.2. The first kappa shape index (κ1) is 85.2. The number of nitro benzene ring substituents is 2. The van der Waals surface area contributed by atoms with Crippen LogP contribution in [0.1, 0.15) is 54.3 Å². The fourth-order valence-corrected chi connectivity index (χ4v) is 9.34. The number of esters is 2. The van der Waals surface area contributed by atoms with Gasteiger partial charge in [-0.2, -0.15) is 0 Å². The number of benzene rings is 8. The maximum absolute atomic E-state index is 12.3. The molecule has 1 aliphatic heterocycles. The van der Waals surface area contributed by atoms with Crippen molar-refractivity contribution in [2.75, 3.05) is 43.7 Å². The number of nitrogens with two attached hydrogens (primary N) is 1. The van der Waals surface area contributed by atoms with Gasteiger partial charge in [0.1, 0.15) is 28.0 Å². The number of nitrogen functional groups attached to an aromatic ring is 1. The van der Waals surface area contributed by atoms with Crippen molar-refractivity contribution in [1.29, 1.82) is 0 Å². The molecule has 0 radical (unpaired) electrons. The number of rotatable bonds is 22. The summed E-state index contributed by atoms with van der Waals surface area (Å²) in [5, 5.41) is 56.0. The van der Waals surface area contributed by atoms with Crippen LogP contribution in [0.5, 0.6) is 40.2 Å². The molecule has 1 aliphatic rings. The van der Waals surface area contributed by atoms with Crippen molar-refractivity contribution in [3.05, 3.63) is 217 Å². The number of nitrogens with zero attached hydrogens (tertiary/aromatic N) is 3. The Morgan fingerprint density at radius 1 is 0.529 bits per heavy atom. The fourth-order valence-electron chi connectivity index (χ4n) is 7.72. The molecule has 1 heterocycles. The van der Waals surface area contributed by atoms with Crippen LogP contribution in [-0.2, 0) is 73.8 Å². The molecule has 37 nitrogen and oxygen atoms in total. The molecule has 1 fully saturated rings. The largest absolute Gasteiger partial charge is 1.00 e. The molecule has 9 N–H and O–H groups in total. The molecule has 0 aliphatic carbocycles. The number of anilines is 6. The summed E-state index contributed by atoms with van der Waals surface area (Å²) in [5.74, 6) is -4.31. The third-order valence-corrected chi connectivity index (χ3v) is 13.7. The molecule has 0 spiro atoms. The summed E-state index contributed by atoms with van der Waals surface area (Å²) in [5.41, 5.74) is 2.88. The Kier molecular flexibility index (Phi) is 35.7. The van der Waals surface area contributed by atoms with Crippen molar-refractivity contribution in [2.45, 2.75) is 12.8 Å². The van der Waals surface area contributed by atoms with Gasteiger partial charge in [0.2, 0.25) is 17.6 Å². The van der Waals surface area contributed by atoms with Gasteiger partial charge in [-0.05, 0) is 84.9 Å². The van der Waals surface area contributed by atoms with Crippen LogP contribution in [0.2, 0.25) is 5.02 Å². The number of ether oxygens (including phenoxy) is 5. The number of para-hydroxylation sites is 4. The Bertz CT molecular complexity index is 4380. The van der Waals surface area contributed by atoms with Gasteiger partial charge in [0.05, 0.1) is 80.4 Å². The molecule has 8 aromatic carbocycles. The topological polar surface area (TPSA) is 583 Å². The third-order valence-electron chi connectivity index (χ3n) is 11.8. The van der Waals surface area contributed by atoms with Gasteiger partial charge < -0.3 is 92.0 Å². The standard InChI is InChI=1S/C18H16N2O7S.C14H14N2O5S.C13H10N2O7S.C7H5ClN2O6S.C6H6O.CH2O3.Na/c1-26-18(23)11-9-13(19-28(24)25)17(27-12-5-3-2-4-6-12)14(10-11)20-15(21)7-8-16(20)22;1-20-14(17)9-7-11(15)13(12(8-9)16-22(18)19)21-10-5-3-2-4-6-10;16-13(17)8-6-10(14-23(20)21)12(11(7-8)15(18)19)22-9-4-2-1-3-5-9;8-6-4(9-17(15)16)1-3(7(11)12)2-5(6)10(13)14;7-6-4-2-1-3-5-6;2-1-4-3;/h2-6,9-10,19H,7-8H2,1H3,(H,24,25);2-8,16H,15H2,1H3,(H,18,19);1-7,14H,(H,16,17)(H,20,21);1-2,9H,(H,11,12)(H,15,16);1-5,7H;1,3H;/q;;;;;;+1/p-5. The van der Waals surface area contributed by atoms with Crippen molar-refractivity contribution in [1.82, 2.24) is 0 Å². The summed E-state index contributed by atoms with van der Waals surface area (Å²) >= 11 is -5.40. The van der Waals surface area contributed by atoms with E-state index in [1.54, 1.807) is 102 Å². The summed E-state index contributed by atoms with van der Waals surface area (Å²) in [6.07, 6.45) is 0.00458. The average Bonchev–Trinajstić information content (AvgIpc) is 1.42. The zero-order valence-corrected chi connectivity index (χ0v) is 58.1. The second kappa shape index (κ2) is 42.8. The van der Waals surface area contributed by atoms with Gasteiger partial charge in [-0.1, -0.05) is 84.4 Å². The molecule has 102 heavy (non-hydrogen) atoms. The van der Waals surface area contributed by atoms with Crippen molar-refractivity contribution < 1.29 is 157 Å². The SMILES string of the molecule is COC(=O)c1cc(N)c(Oc2ccccc2)c(NS(=O)[O-])c1.COC(=O)c1cc(NS(=O)[O-])c(Oc2ccccc2)c(N2C(=O)CCC2=O)c1.O=C(O)c1cc(NS(=O)[O-])c(Cl)c([N+](=O)[O-])c1.O=C(O)c1cc(NS(=O)[O-])c(Oc2ccccc2)c([N+](=O)[O-])c1.O=CO[O-].Oc1ccccc1.[Na+]. The number of carboxylic acids is 2. The van der Waals surface area contributed by atoms with Gasteiger partial charge in [-0.3, -0.25) is 51.4 Å². The number of nitro groups is 2. The third kappa shape index (κ3) is 27.2. The number of hydrogen-bond acceptors (Lipinski definition) is 28. The first-order chi connectivity index (χ1) is 47.9. The Morgan fingerprint density at radius 2 is 0.853 bits per heavy atom. The van der Waals surface area contributed by atoms with Crippen LogP contribution < -0.4 is 78.5 Å². The minimum absolute atomic E-state index is 0. The van der Waals surface area contributed by atoms with Crippen LogP contribution in [0.4, 0.5) is 45.5 Å². The number of imide groups is 1. The quantitative estimate of drug-likeness (QED) is 0.00534. The minimum Gasteiger partial charge on any atom is -0.755 e. The molecule has 8 aromatic rings. The van der Waals surface area contributed by atoms with E-state index in [1.165, 1.54) is 43.5 Å². The summed E-state index contributed by atoms with van der Waals surface area (Å²) in [6.45, 7) is -0.181. The number of phenols is 1. The zero-order valence-electron chi connectivity index (χ0n) is 52.0. The van der Waals surface area contributed by atoms with Crippen LogP contribution in [0.25, 0.3) is 0 Å². The molecule has 0 saturated carbocycles. The predicted octanol–water partition coefficient (Wildman–Crippen LogP) is 4.45. The Balaban J connectivity index is 0.000000338. The Labute approximate surface area is 611 Å². The molecular weight excluding hydrogens is 1470 g/mol. The molecule has 0 aromatic heterocycles. The number of hydrogen-bond donors (Lipinski definition) is 8. The molecule has 2 amide bonds. The maximum Gasteiger partial charge on any atom is 1.00 e. The number of carbonyl (C=O) groups excluding carboxylic acids is 5. The van der Waals surface area contributed by atoms with Gasteiger partial charge in [-0.15, -0.1) is 0 Å². The van der Waals surface area contributed by atoms with E-state index >= 15 is 0 Å². The molecule has 0 bridgehead atoms. The number of carbonyl (C=O) groups is 7. The van der Waals surface area contributed by atoms with E-state index in [-0.39, 0.29) is 111 Å². The van der Waals surface area contributed by atoms with E-state index in [2.05, 4.69) is 23.8 Å². The molecule has 43 heteroatoms. The normalized spacial score (nSPS) is 11.9. The first-order valence-electron chi connectivity index (χ1n) is 26.9. The molecule has 1 saturated heterocycles. The maximum atomic E-state index is 12.3. The molecule has 534 valence electrons. The van der Waals surface area contributed by atoms with Crippen molar-refractivity contribution >= 4 is 144 Å². The van der Waals surface area contributed by atoms with Gasteiger partial charge >= 0.3 is 59.1 Å². The van der Waals surface area contributed by atoms with E-state index in [4.69, 9.17) is 56.9 Å². The predicted molar refractivity (Wildman–Crippen MR) is 352 cm³/mol. The van der Waals surface area contributed by atoms with Crippen LogP contribution in [0.3, 0.4) is 0 Å². The van der Waals surface area contributed by atoms with Crippen LogP contribution >= 0.6 is 11.6 Å². The van der Waals surface area contributed by atoms with Gasteiger partial charge in [0.25, 0.3) is 12.2 Å². The Hall–Kier alpha value is -11.1. The number of amides is 2. The number of aromatic hydroxyl groups is 1. The van der Waals surface area contributed by atoms with Crippen molar-refractivity contribution in [2.24, 2.45) is 0 Å². The number of phenolic OH excluding ortho intramolecular Hbond substituents is 1. The van der Waals surface area contributed by atoms with Crippen molar-refractivity contribution in [3.8, 4) is 40.2 Å². The monoisotopic (exact) mass is 1520 g/mol. The molecule has 4 unspecified atom stereocenters. The number of halogens is 1. The number of aromatic carboxylic acids is 2. The summed E-state index contributed by atoms with van der Waals surface area (Å²) in [4.78, 5) is 102. The number of nitrogens with one attached hydrogen (secondary N) is 4. The van der Waals surface area contributed by atoms with E-state index in [9.17, 15) is 84.0 Å². The van der Waals surface area contributed by atoms with E-state index in [0.717, 1.165) is 36.3 Å². The summed E-state index contributed by atoms with van der Waals surface area (Å²) in [7, 11) is 2.37. The minimum atomic E-state index is -2.82. The zero-order chi connectivity index (χ0) is 75.0. The van der Waals surface area contributed by atoms with Crippen molar-refractivity contribution in [3.63, 3.8) is 0 Å². The average molecular weight is 1520 g/mol. The van der Waals surface area contributed by atoms with Crippen LogP contribution in [0, 0.1) is 20.2 Å². The molecule has 9 rings (SSSR count). The molecule has 4 atom stereocenters. The summed E-state index contributed by atoms with van der Waals surface area (Å²) < 4.78 is 121. The molecular formula is C59H48ClN8NaO29S4-4. The second-order valence-corrected chi connectivity index (χ2v) is 21.5. The first-order valence-corrected chi connectivity index (χ1v) is 31.6. The Morgan fingerprint density at radius 3 is 1.21 bits per heavy atom. The van der Waals surface area contributed by atoms with Gasteiger partial charge in [0.15, 0.2) is 11.5 Å². The second-order valence-electron chi connectivity index (χ2n) is 18.4. The van der Waals surface area contributed by atoms with Crippen LogP contribution in [-0.4, -0.2) is 117 Å². The smallest absolute Gasteiger partial charge is 0.755 e. The number of methoxy groups -OCH3 is 2. The van der Waals surface area contributed by atoms with Crippen LogP contribution in [0.15, 0.2) is 170 Å². The van der Waals surface area contributed by atoms with E-state index < -0.39 is 124 Å². The van der Waals surface area contributed by atoms with Gasteiger partial charge in [-0.25, -0.2) is 24.1 Å². The van der Waals surface area contributed by atoms with E-state index in [1.807, 2.05) is 16.9 Å². The van der Waals surface area contributed by atoms with E-state index in [0.29, 0.717) is 17.2 Å².